The average Bonchev–Trinajstić information content (AvgIpc) is 3.07. The van der Waals surface area contributed by atoms with Gasteiger partial charge in [-0.1, -0.05) is 0 Å². The molecule has 4 nitrogen and oxygen atoms in total. The molecule has 2 N–H and O–H groups in total. The summed E-state index contributed by atoms with van der Waals surface area (Å²) < 4.78 is 1.05. The van der Waals surface area contributed by atoms with Gasteiger partial charge in [0.25, 0.3) is 5.91 Å². The molecule has 3 rings (SSSR count). The molecule has 1 aliphatic heterocycles. The van der Waals surface area contributed by atoms with Gasteiger partial charge in [-0.3, -0.25) is 4.79 Å². The standard InChI is InChI=1S/C13H14BrN3OS2/c14-8-5-11(19-6-8)12-16-10(7-20-12)13(18)17-3-1-9(15)2-4-17/h5-7,9H,1-4,15H2. The van der Waals surface area contributed by atoms with E-state index in [9.17, 15) is 4.79 Å². The first-order valence-corrected chi connectivity index (χ1v) is 8.93. The summed E-state index contributed by atoms with van der Waals surface area (Å²) in [5.74, 6) is 0.0232. The van der Waals surface area contributed by atoms with E-state index in [0.717, 1.165) is 40.3 Å². The zero-order valence-electron chi connectivity index (χ0n) is 10.7. The van der Waals surface area contributed by atoms with E-state index in [1.807, 2.05) is 21.7 Å². The Hall–Kier alpha value is -0.760. The molecule has 2 aromatic rings. The monoisotopic (exact) mass is 371 g/mol. The van der Waals surface area contributed by atoms with Crippen LogP contribution in [0.4, 0.5) is 0 Å². The maximum Gasteiger partial charge on any atom is 0.273 e. The normalized spacial score (nSPS) is 16.6. The number of carbonyl (C=O) groups is 1. The quantitative estimate of drug-likeness (QED) is 0.881. The lowest BCUT2D eigenvalue weighted by Crippen LogP contribution is -2.42. The van der Waals surface area contributed by atoms with Crippen LogP contribution in [0.25, 0.3) is 9.88 Å². The van der Waals surface area contributed by atoms with Crippen LogP contribution in [0.5, 0.6) is 0 Å². The van der Waals surface area contributed by atoms with Crippen LogP contribution in [0, 0.1) is 0 Å². The van der Waals surface area contributed by atoms with Gasteiger partial charge in [-0.2, -0.15) is 0 Å². The number of hydrogen-bond donors (Lipinski definition) is 1. The van der Waals surface area contributed by atoms with Gasteiger partial charge < -0.3 is 10.6 Å². The molecular weight excluding hydrogens is 358 g/mol. The second-order valence-electron chi connectivity index (χ2n) is 4.80. The van der Waals surface area contributed by atoms with Crippen molar-refractivity contribution in [2.45, 2.75) is 18.9 Å². The summed E-state index contributed by atoms with van der Waals surface area (Å²) in [5.41, 5.74) is 6.41. The van der Waals surface area contributed by atoms with Crippen molar-refractivity contribution in [3.05, 3.63) is 27.0 Å². The summed E-state index contributed by atoms with van der Waals surface area (Å²) in [7, 11) is 0. The molecule has 0 bridgehead atoms. The van der Waals surface area contributed by atoms with Crippen LogP contribution in [0.1, 0.15) is 23.3 Å². The Morgan fingerprint density at radius 2 is 2.10 bits per heavy atom. The molecule has 3 heterocycles. The van der Waals surface area contributed by atoms with Crippen molar-refractivity contribution in [3.63, 3.8) is 0 Å². The van der Waals surface area contributed by atoms with Gasteiger partial charge in [0.05, 0.1) is 4.88 Å². The Bertz CT molecular complexity index is 617. The highest BCUT2D eigenvalue weighted by molar-refractivity contribution is 9.10. The first-order chi connectivity index (χ1) is 9.63. The fraction of sp³-hybridized carbons (Fsp3) is 0.385. The highest BCUT2D eigenvalue weighted by Gasteiger charge is 2.23. The number of hydrogen-bond acceptors (Lipinski definition) is 5. The van der Waals surface area contributed by atoms with E-state index < -0.39 is 0 Å². The molecule has 7 heteroatoms. The van der Waals surface area contributed by atoms with E-state index in [0.29, 0.717) is 5.69 Å². The molecule has 106 valence electrons. The molecule has 1 amide bonds. The van der Waals surface area contributed by atoms with Gasteiger partial charge in [0.1, 0.15) is 10.7 Å². The van der Waals surface area contributed by atoms with Gasteiger partial charge >= 0.3 is 0 Å². The summed E-state index contributed by atoms with van der Waals surface area (Å²) >= 11 is 6.57. The third kappa shape index (κ3) is 2.95. The second kappa shape index (κ2) is 5.93. The third-order valence-electron chi connectivity index (χ3n) is 3.33. The van der Waals surface area contributed by atoms with Crippen molar-refractivity contribution in [2.75, 3.05) is 13.1 Å². The zero-order valence-corrected chi connectivity index (χ0v) is 13.9. The molecular formula is C13H14BrN3OS2. The Morgan fingerprint density at radius 1 is 1.35 bits per heavy atom. The van der Waals surface area contributed by atoms with Gasteiger partial charge in [0, 0.05) is 34.4 Å². The molecule has 20 heavy (non-hydrogen) atoms. The van der Waals surface area contributed by atoms with E-state index in [4.69, 9.17) is 5.73 Å². The lowest BCUT2D eigenvalue weighted by Gasteiger charge is -2.29. The summed E-state index contributed by atoms with van der Waals surface area (Å²) in [6.45, 7) is 1.47. The zero-order chi connectivity index (χ0) is 14.1. The molecule has 0 radical (unpaired) electrons. The minimum absolute atomic E-state index is 0.0232. The molecule has 0 aromatic carbocycles. The van der Waals surface area contributed by atoms with Crippen LogP contribution in [0.2, 0.25) is 0 Å². The lowest BCUT2D eigenvalue weighted by molar-refractivity contribution is 0.0709. The van der Waals surface area contributed by atoms with Crippen molar-refractivity contribution in [1.29, 1.82) is 0 Å². The number of halogens is 1. The highest BCUT2D eigenvalue weighted by Crippen LogP contribution is 2.32. The van der Waals surface area contributed by atoms with Crippen LogP contribution < -0.4 is 5.73 Å². The number of rotatable bonds is 2. The molecule has 1 aliphatic rings. The van der Waals surface area contributed by atoms with Crippen molar-refractivity contribution < 1.29 is 4.79 Å². The molecule has 1 saturated heterocycles. The van der Waals surface area contributed by atoms with Gasteiger partial charge in [-0.25, -0.2) is 4.98 Å². The Balaban J connectivity index is 1.75. The van der Waals surface area contributed by atoms with Crippen molar-refractivity contribution in [2.24, 2.45) is 5.73 Å². The Kier molecular flexibility index (Phi) is 4.21. The van der Waals surface area contributed by atoms with Crippen LogP contribution >= 0.6 is 38.6 Å². The number of piperidine rings is 1. The summed E-state index contributed by atoms with van der Waals surface area (Å²) in [5, 5.41) is 4.77. The van der Waals surface area contributed by atoms with Gasteiger partial charge in [0.15, 0.2) is 0 Å². The molecule has 0 saturated carbocycles. The van der Waals surface area contributed by atoms with E-state index in [2.05, 4.69) is 20.9 Å². The van der Waals surface area contributed by atoms with Crippen LogP contribution in [0.3, 0.4) is 0 Å². The van der Waals surface area contributed by atoms with Crippen LogP contribution in [-0.2, 0) is 0 Å². The number of likely N-dealkylation sites (tertiary alicyclic amines) is 1. The van der Waals surface area contributed by atoms with Crippen molar-refractivity contribution >= 4 is 44.5 Å². The number of nitrogens with zero attached hydrogens (tertiary/aromatic N) is 2. The number of amides is 1. The molecule has 0 spiro atoms. The van der Waals surface area contributed by atoms with Gasteiger partial charge in [0.2, 0.25) is 0 Å². The molecule has 2 aromatic heterocycles. The van der Waals surface area contributed by atoms with Crippen LogP contribution in [0.15, 0.2) is 21.3 Å². The minimum atomic E-state index is 0.0232. The molecule has 1 fully saturated rings. The van der Waals surface area contributed by atoms with Gasteiger partial charge in [-0.15, -0.1) is 22.7 Å². The topological polar surface area (TPSA) is 59.2 Å². The third-order valence-corrected chi connectivity index (χ3v) is 6.03. The Morgan fingerprint density at radius 3 is 2.75 bits per heavy atom. The number of nitrogens with two attached hydrogens (primary N) is 1. The largest absolute Gasteiger partial charge is 0.337 e. The summed E-state index contributed by atoms with van der Waals surface area (Å²) in [6, 6.07) is 2.26. The fourth-order valence-corrected chi connectivity index (χ4v) is 4.48. The molecule has 0 aliphatic carbocycles. The molecule has 0 unspecified atom stereocenters. The number of aromatic nitrogens is 1. The van der Waals surface area contributed by atoms with Crippen molar-refractivity contribution in [1.82, 2.24) is 9.88 Å². The Labute approximate surface area is 133 Å². The minimum Gasteiger partial charge on any atom is -0.337 e. The SMILES string of the molecule is NC1CCN(C(=O)c2csc(-c3cc(Br)cs3)n2)CC1. The predicted molar refractivity (Wildman–Crippen MR) is 86.2 cm³/mol. The van der Waals surface area contributed by atoms with E-state index in [1.165, 1.54) is 11.3 Å². The first kappa shape index (κ1) is 14.2. The maximum atomic E-state index is 12.4. The number of thiazole rings is 1. The van der Waals surface area contributed by atoms with E-state index in [1.54, 1.807) is 11.3 Å². The van der Waals surface area contributed by atoms with E-state index >= 15 is 0 Å². The summed E-state index contributed by atoms with van der Waals surface area (Å²) in [4.78, 5) is 19.8. The predicted octanol–water partition coefficient (Wildman–Crippen LogP) is 3.20. The smallest absolute Gasteiger partial charge is 0.273 e. The highest BCUT2D eigenvalue weighted by atomic mass is 79.9. The first-order valence-electron chi connectivity index (χ1n) is 6.38. The van der Waals surface area contributed by atoms with E-state index in [-0.39, 0.29) is 11.9 Å². The number of thiophene rings is 1. The molecule has 0 atom stereocenters. The fourth-order valence-electron chi connectivity index (χ4n) is 2.17. The van der Waals surface area contributed by atoms with Gasteiger partial charge in [-0.05, 0) is 34.8 Å². The second-order valence-corrected chi connectivity index (χ2v) is 7.48. The average molecular weight is 372 g/mol. The maximum absolute atomic E-state index is 12.4. The lowest BCUT2D eigenvalue weighted by atomic mass is 10.1. The van der Waals surface area contributed by atoms with Crippen molar-refractivity contribution in [3.8, 4) is 9.88 Å². The number of carbonyl (C=O) groups excluding carboxylic acids is 1. The summed E-state index contributed by atoms with van der Waals surface area (Å²) in [6.07, 6.45) is 1.75. The van der Waals surface area contributed by atoms with Crippen LogP contribution in [-0.4, -0.2) is 34.9 Å².